The fourth-order valence-electron chi connectivity index (χ4n) is 2.95. The molecule has 1 aromatic carbocycles. The van der Waals surface area contributed by atoms with Gasteiger partial charge in [0.15, 0.2) is 0 Å². The van der Waals surface area contributed by atoms with E-state index in [2.05, 4.69) is 5.32 Å². The number of benzene rings is 1. The van der Waals surface area contributed by atoms with Crippen LogP contribution in [0.2, 0.25) is 0 Å². The van der Waals surface area contributed by atoms with E-state index in [1.807, 2.05) is 6.07 Å². The van der Waals surface area contributed by atoms with Crippen molar-refractivity contribution in [3.05, 3.63) is 54.0 Å². The lowest BCUT2D eigenvalue weighted by atomic mass is 10.1. The van der Waals surface area contributed by atoms with Crippen molar-refractivity contribution in [2.75, 3.05) is 24.6 Å². The lowest BCUT2D eigenvalue weighted by Gasteiger charge is -2.17. The standard InChI is InChI=1S/C19H20F2N2O4/c20-13-9-14(21)11-15(10-13)23-6-4-17(19(23)25)18(24)22-5-2-7-26-12-16-3-1-8-27-16/h1,3,8-11,17H,2,4-7,12H2,(H,22,24). The highest BCUT2D eigenvalue weighted by Gasteiger charge is 2.37. The smallest absolute Gasteiger partial charge is 0.239 e. The monoisotopic (exact) mass is 378 g/mol. The van der Waals surface area contributed by atoms with Gasteiger partial charge in [0.05, 0.1) is 6.26 Å². The van der Waals surface area contributed by atoms with Gasteiger partial charge in [-0.3, -0.25) is 9.59 Å². The average molecular weight is 378 g/mol. The fourth-order valence-corrected chi connectivity index (χ4v) is 2.95. The number of rotatable bonds is 8. The Balaban J connectivity index is 1.42. The number of anilines is 1. The first-order valence-corrected chi connectivity index (χ1v) is 8.70. The summed E-state index contributed by atoms with van der Waals surface area (Å²) in [6, 6.07) is 6.49. The third-order valence-electron chi connectivity index (χ3n) is 4.27. The average Bonchev–Trinajstić information content (AvgIpc) is 3.26. The summed E-state index contributed by atoms with van der Waals surface area (Å²) in [5.74, 6) is -2.48. The molecule has 1 aliphatic heterocycles. The normalized spacial score (nSPS) is 16.7. The van der Waals surface area contributed by atoms with E-state index in [1.54, 1.807) is 12.3 Å². The number of carbonyl (C=O) groups excluding carboxylic acids is 2. The highest BCUT2D eigenvalue weighted by Crippen LogP contribution is 2.26. The summed E-state index contributed by atoms with van der Waals surface area (Å²) < 4.78 is 37.2. The van der Waals surface area contributed by atoms with Gasteiger partial charge in [0.1, 0.15) is 29.9 Å². The Morgan fingerprint density at radius 1 is 1.30 bits per heavy atom. The molecule has 0 bridgehead atoms. The molecule has 8 heteroatoms. The molecule has 1 fully saturated rings. The zero-order valence-electron chi connectivity index (χ0n) is 14.6. The quantitative estimate of drug-likeness (QED) is 0.566. The van der Waals surface area contributed by atoms with Gasteiger partial charge in [0, 0.05) is 31.5 Å². The third-order valence-corrected chi connectivity index (χ3v) is 4.27. The number of amides is 2. The van der Waals surface area contributed by atoms with Crippen LogP contribution in [0.3, 0.4) is 0 Å². The van der Waals surface area contributed by atoms with Crippen LogP contribution in [0.25, 0.3) is 0 Å². The Morgan fingerprint density at radius 3 is 2.78 bits per heavy atom. The van der Waals surface area contributed by atoms with Gasteiger partial charge in [-0.1, -0.05) is 0 Å². The van der Waals surface area contributed by atoms with Crippen molar-refractivity contribution in [1.29, 1.82) is 0 Å². The maximum Gasteiger partial charge on any atom is 0.239 e. The molecule has 2 aromatic rings. The Bertz CT molecular complexity index is 775. The van der Waals surface area contributed by atoms with Gasteiger partial charge in [0.25, 0.3) is 0 Å². The van der Waals surface area contributed by atoms with E-state index in [-0.39, 0.29) is 18.1 Å². The second kappa shape index (κ2) is 8.77. The first-order chi connectivity index (χ1) is 13.0. The molecule has 27 heavy (non-hydrogen) atoms. The number of ether oxygens (including phenoxy) is 1. The van der Waals surface area contributed by atoms with Crippen LogP contribution in [0.1, 0.15) is 18.6 Å². The molecular formula is C19H20F2N2O4. The molecule has 144 valence electrons. The minimum atomic E-state index is -0.847. The Kier molecular flexibility index (Phi) is 6.18. The maximum atomic E-state index is 13.3. The van der Waals surface area contributed by atoms with Gasteiger partial charge >= 0.3 is 0 Å². The van der Waals surface area contributed by atoms with Crippen LogP contribution in [-0.4, -0.2) is 31.5 Å². The van der Waals surface area contributed by atoms with Crippen LogP contribution < -0.4 is 10.2 Å². The van der Waals surface area contributed by atoms with Crippen molar-refractivity contribution in [2.24, 2.45) is 5.92 Å². The Labute approximate surface area is 155 Å². The second-order valence-corrected chi connectivity index (χ2v) is 6.24. The van der Waals surface area contributed by atoms with Crippen molar-refractivity contribution in [2.45, 2.75) is 19.4 Å². The SMILES string of the molecule is O=C(NCCCOCc1ccco1)C1CCN(c2cc(F)cc(F)c2)C1=O. The van der Waals surface area contributed by atoms with Crippen molar-refractivity contribution < 1.29 is 27.5 Å². The van der Waals surface area contributed by atoms with Gasteiger partial charge < -0.3 is 19.4 Å². The van der Waals surface area contributed by atoms with Crippen LogP contribution in [0.4, 0.5) is 14.5 Å². The second-order valence-electron chi connectivity index (χ2n) is 6.24. The molecule has 0 saturated carbocycles. The zero-order valence-corrected chi connectivity index (χ0v) is 14.6. The van der Waals surface area contributed by atoms with Crippen molar-refractivity contribution >= 4 is 17.5 Å². The number of carbonyl (C=O) groups is 2. The summed E-state index contributed by atoms with van der Waals surface area (Å²) in [4.78, 5) is 25.9. The number of furan rings is 1. The molecule has 0 aliphatic carbocycles. The number of nitrogens with zero attached hydrogens (tertiary/aromatic N) is 1. The number of hydrogen-bond donors (Lipinski definition) is 1. The van der Waals surface area contributed by atoms with E-state index in [0.29, 0.717) is 32.6 Å². The van der Waals surface area contributed by atoms with Gasteiger partial charge in [-0.2, -0.15) is 0 Å². The van der Waals surface area contributed by atoms with Crippen LogP contribution in [-0.2, 0) is 20.9 Å². The molecule has 0 spiro atoms. The molecule has 2 amide bonds. The number of nitrogens with one attached hydrogen (secondary N) is 1. The van der Waals surface area contributed by atoms with E-state index < -0.39 is 23.5 Å². The largest absolute Gasteiger partial charge is 0.467 e. The van der Waals surface area contributed by atoms with Crippen molar-refractivity contribution in [1.82, 2.24) is 5.32 Å². The van der Waals surface area contributed by atoms with E-state index in [0.717, 1.165) is 24.0 Å². The summed E-state index contributed by atoms with van der Waals surface area (Å²) in [6.45, 7) is 1.41. The zero-order chi connectivity index (χ0) is 19.2. The first kappa shape index (κ1) is 19.0. The van der Waals surface area contributed by atoms with Gasteiger partial charge in [-0.25, -0.2) is 8.78 Å². The van der Waals surface area contributed by atoms with Crippen LogP contribution >= 0.6 is 0 Å². The van der Waals surface area contributed by atoms with Crippen molar-refractivity contribution in [3.8, 4) is 0 Å². The molecule has 1 aromatic heterocycles. The van der Waals surface area contributed by atoms with Gasteiger partial charge in [0.2, 0.25) is 11.8 Å². The summed E-state index contributed by atoms with van der Waals surface area (Å²) in [5.41, 5.74) is 0.124. The van der Waals surface area contributed by atoms with Gasteiger partial charge in [-0.05, 0) is 37.1 Å². The predicted molar refractivity (Wildman–Crippen MR) is 92.8 cm³/mol. The number of halogens is 2. The predicted octanol–water partition coefficient (Wildman–Crippen LogP) is 2.63. The van der Waals surface area contributed by atoms with E-state index in [4.69, 9.17) is 9.15 Å². The highest BCUT2D eigenvalue weighted by atomic mass is 19.1. The summed E-state index contributed by atoms with van der Waals surface area (Å²) >= 11 is 0. The molecule has 0 radical (unpaired) electrons. The van der Waals surface area contributed by atoms with Crippen LogP contribution in [0.5, 0.6) is 0 Å². The van der Waals surface area contributed by atoms with E-state index in [9.17, 15) is 18.4 Å². The van der Waals surface area contributed by atoms with Crippen molar-refractivity contribution in [3.63, 3.8) is 0 Å². The highest BCUT2D eigenvalue weighted by molar-refractivity contribution is 6.09. The molecule has 1 saturated heterocycles. The minimum absolute atomic E-state index is 0.124. The number of hydrogen-bond acceptors (Lipinski definition) is 4. The summed E-state index contributed by atoms with van der Waals surface area (Å²) in [7, 11) is 0. The molecule has 1 N–H and O–H groups in total. The molecule has 3 rings (SSSR count). The summed E-state index contributed by atoms with van der Waals surface area (Å²) in [5, 5.41) is 2.71. The maximum absolute atomic E-state index is 13.3. The molecular weight excluding hydrogens is 358 g/mol. The molecule has 6 nitrogen and oxygen atoms in total. The van der Waals surface area contributed by atoms with Crippen LogP contribution in [0.15, 0.2) is 41.0 Å². The lowest BCUT2D eigenvalue weighted by Crippen LogP contribution is -2.37. The van der Waals surface area contributed by atoms with E-state index >= 15 is 0 Å². The molecule has 1 atom stereocenters. The first-order valence-electron chi connectivity index (χ1n) is 8.70. The Morgan fingerprint density at radius 2 is 2.07 bits per heavy atom. The van der Waals surface area contributed by atoms with Crippen LogP contribution in [0, 0.1) is 17.6 Å². The van der Waals surface area contributed by atoms with E-state index in [1.165, 1.54) is 4.90 Å². The molecule has 1 unspecified atom stereocenters. The molecule has 1 aliphatic rings. The minimum Gasteiger partial charge on any atom is -0.467 e. The fraction of sp³-hybridized carbons (Fsp3) is 0.368. The van der Waals surface area contributed by atoms with Gasteiger partial charge in [-0.15, -0.1) is 0 Å². The third kappa shape index (κ3) is 4.91. The lowest BCUT2D eigenvalue weighted by molar-refractivity contribution is -0.132. The molecule has 2 heterocycles. The summed E-state index contributed by atoms with van der Waals surface area (Å²) in [6.07, 6.45) is 2.46. The Hall–Kier alpha value is -2.74. The topological polar surface area (TPSA) is 71.8 Å².